The summed E-state index contributed by atoms with van der Waals surface area (Å²) < 4.78 is 6.02. The van der Waals surface area contributed by atoms with Gasteiger partial charge in [-0.1, -0.05) is 97.3 Å². The SMILES string of the molecule is CCCCCCCCCCCCCCCCOCCN1C(C)(C)CC(C)CC1(C)C. The normalized spacial score (nSPS) is 19.4. The molecule has 0 radical (unpaired) electrons. The fourth-order valence-electron chi connectivity index (χ4n) is 6.08. The number of nitrogens with zero attached hydrogens (tertiary/aromatic N) is 1. The number of hydrogen-bond donors (Lipinski definition) is 0. The molecule has 1 heterocycles. The van der Waals surface area contributed by atoms with Crippen LogP contribution in [-0.2, 0) is 4.74 Å². The van der Waals surface area contributed by atoms with Crippen LogP contribution in [0.25, 0.3) is 0 Å². The van der Waals surface area contributed by atoms with E-state index in [1.54, 1.807) is 0 Å². The first-order chi connectivity index (χ1) is 14.3. The predicted molar refractivity (Wildman–Crippen MR) is 134 cm³/mol. The molecule has 1 saturated heterocycles. The van der Waals surface area contributed by atoms with E-state index in [2.05, 4.69) is 46.4 Å². The third-order valence-electron chi connectivity index (χ3n) is 7.26. The quantitative estimate of drug-likeness (QED) is 0.204. The van der Waals surface area contributed by atoms with Crippen molar-refractivity contribution in [1.82, 2.24) is 4.90 Å². The van der Waals surface area contributed by atoms with Gasteiger partial charge < -0.3 is 4.74 Å². The number of ether oxygens (including phenoxy) is 1. The molecule has 0 aliphatic carbocycles. The van der Waals surface area contributed by atoms with E-state index < -0.39 is 0 Å². The number of likely N-dealkylation sites (tertiary alicyclic amines) is 1. The second-order valence-corrected chi connectivity index (χ2v) is 11.5. The fraction of sp³-hybridized carbons (Fsp3) is 1.00. The average Bonchev–Trinajstić information content (AvgIpc) is 2.64. The van der Waals surface area contributed by atoms with Gasteiger partial charge in [-0.3, -0.25) is 4.90 Å². The van der Waals surface area contributed by atoms with Crippen LogP contribution in [-0.4, -0.2) is 35.7 Å². The Morgan fingerprint density at radius 1 is 0.633 bits per heavy atom. The lowest BCUT2D eigenvalue weighted by molar-refractivity contribution is -0.0624. The van der Waals surface area contributed by atoms with Crippen LogP contribution in [0.3, 0.4) is 0 Å². The summed E-state index contributed by atoms with van der Waals surface area (Å²) in [7, 11) is 0. The number of hydrogen-bond acceptors (Lipinski definition) is 2. The highest BCUT2D eigenvalue weighted by Crippen LogP contribution is 2.40. The van der Waals surface area contributed by atoms with Crippen LogP contribution in [0.1, 0.15) is 144 Å². The summed E-state index contributed by atoms with van der Waals surface area (Å²) >= 11 is 0. The first-order valence-corrected chi connectivity index (χ1v) is 13.6. The van der Waals surface area contributed by atoms with Gasteiger partial charge in [-0.25, -0.2) is 0 Å². The highest BCUT2D eigenvalue weighted by molar-refractivity contribution is 4.98. The van der Waals surface area contributed by atoms with Crippen LogP contribution >= 0.6 is 0 Å². The van der Waals surface area contributed by atoms with Crippen molar-refractivity contribution < 1.29 is 4.74 Å². The number of rotatable bonds is 18. The molecule has 30 heavy (non-hydrogen) atoms. The van der Waals surface area contributed by atoms with Gasteiger partial charge in [-0.2, -0.15) is 0 Å². The summed E-state index contributed by atoms with van der Waals surface area (Å²) in [6.07, 6.45) is 22.4. The minimum absolute atomic E-state index is 0.291. The van der Waals surface area contributed by atoms with E-state index in [9.17, 15) is 0 Å². The van der Waals surface area contributed by atoms with Crippen molar-refractivity contribution in [2.75, 3.05) is 19.8 Å². The van der Waals surface area contributed by atoms with Gasteiger partial charge in [0.15, 0.2) is 0 Å². The van der Waals surface area contributed by atoms with Crippen LogP contribution < -0.4 is 0 Å². The molecule has 0 aromatic carbocycles. The Balaban J connectivity index is 1.90. The van der Waals surface area contributed by atoms with Gasteiger partial charge in [0, 0.05) is 24.2 Å². The van der Waals surface area contributed by atoms with Crippen LogP contribution in [0, 0.1) is 5.92 Å². The molecule has 0 unspecified atom stereocenters. The van der Waals surface area contributed by atoms with Crippen molar-refractivity contribution in [2.24, 2.45) is 5.92 Å². The topological polar surface area (TPSA) is 12.5 Å². The standard InChI is InChI=1S/C28H57NO/c1-7-8-9-10-11-12-13-14-15-16-17-18-19-20-22-30-23-21-29-27(3,4)24-26(2)25-28(29,5)6/h26H,7-25H2,1-6H3. The molecule has 0 atom stereocenters. The predicted octanol–water partition coefficient (Wildman–Crippen LogP) is 8.77. The van der Waals surface area contributed by atoms with E-state index in [1.165, 1.54) is 103 Å². The van der Waals surface area contributed by atoms with Gasteiger partial charge in [-0.05, 0) is 52.9 Å². The largest absolute Gasteiger partial charge is 0.380 e. The van der Waals surface area contributed by atoms with Gasteiger partial charge >= 0.3 is 0 Å². The summed E-state index contributed by atoms with van der Waals surface area (Å²) in [6, 6.07) is 0. The van der Waals surface area contributed by atoms with E-state index in [-0.39, 0.29) is 0 Å². The molecular weight excluding hydrogens is 366 g/mol. The van der Waals surface area contributed by atoms with Gasteiger partial charge in [-0.15, -0.1) is 0 Å². The van der Waals surface area contributed by atoms with E-state index in [0.29, 0.717) is 11.1 Å². The smallest absolute Gasteiger partial charge is 0.0593 e. The summed E-state index contributed by atoms with van der Waals surface area (Å²) in [5.41, 5.74) is 0.582. The van der Waals surface area contributed by atoms with Crippen LogP contribution in [0.2, 0.25) is 0 Å². The maximum atomic E-state index is 6.02. The Bertz CT molecular complexity index is 385. The Morgan fingerprint density at radius 3 is 1.47 bits per heavy atom. The van der Waals surface area contributed by atoms with Crippen molar-refractivity contribution in [2.45, 2.75) is 155 Å². The zero-order valence-corrected chi connectivity index (χ0v) is 21.9. The van der Waals surface area contributed by atoms with E-state index in [0.717, 1.165) is 25.7 Å². The summed E-state index contributed by atoms with van der Waals surface area (Å²) in [6.45, 7) is 17.3. The van der Waals surface area contributed by atoms with Crippen molar-refractivity contribution in [3.63, 3.8) is 0 Å². The highest BCUT2D eigenvalue weighted by atomic mass is 16.5. The van der Waals surface area contributed by atoms with Gasteiger partial charge in [0.1, 0.15) is 0 Å². The minimum Gasteiger partial charge on any atom is -0.380 e. The first kappa shape index (κ1) is 28.0. The molecule has 1 aliphatic rings. The number of unbranched alkanes of at least 4 members (excludes halogenated alkanes) is 13. The summed E-state index contributed by atoms with van der Waals surface area (Å²) in [5.74, 6) is 0.822. The third kappa shape index (κ3) is 12.1. The molecule has 0 spiro atoms. The molecule has 0 saturated carbocycles. The Kier molecular flexibility index (Phi) is 14.6. The lowest BCUT2D eigenvalue weighted by Crippen LogP contribution is -2.61. The Labute approximate surface area is 190 Å². The van der Waals surface area contributed by atoms with Gasteiger partial charge in [0.25, 0.3) is 0 Å². The summed E-state index contributed by atoms with van der Waals surface area (Å²) in [4.78, 5) is 2.70. The lowest BCUT2D eigenvalue weighted by Gasteiger charge is -2.55. The zero-order valence-electron chi connectivity index (χ0n) is 21.9. The lowest BCUT2D eigenvalue weighted by atomic mass is 9.74. The molecule has 0 aromatic heterocycles. The van der Waals surface area contributed by atoms with Crippen LogP contribution in [0.5, 0.6) is 0 Å². The van der Waals surface area contributed by atoms with E-state index in [1.807, 2.05) is 0 Å². The summed E-state index contributed by atoms with van der Waals surface area (Å²) in [5, 5.41) is 0. The molecule has 2 heteroatoms. The molecule has 0 N–H and O–H groups in total. The minimum atomic E-state index is 0.291. The van der Waals surface area contributed by atoms with Gasteiger partial charge in [0.2, 0.25) is 0 Å². The van der Waals surface area contributed by atoms with Crippen molar-refractivity contribution in [3.8, 4) is 0 Å². The molecule has 0 amide bonds. The van der Waals surface area contributed by atoms with Crippen LogP contribution in [0.4, 0.5) is 0 Å². The van der Waals surface area contributed by atoms with Crippen molar-refractivity contribution >= 4 is 0 Å². The molecule has 1 aliphatic heterocycles. The van der Waals surface area contributed by atoms with Crippen molar-refractivity contribution in [3.05, 3.63) is 0 Å². The maximum absolute atomic E-state index is 6.02. The van der Waals surface area contributed by atoms with Gasteiger partial charge in [0.05, 0.1) is 6.61 Å². The molecule has 1 fully saturated rings. The molecule has 0 aromatic rings. The van der Waals surface area contributed by atoms with E-state index >= 15 is 0 Å². The monoisotopic (exact) mass is 423 g/mol. The van der Waals surface area contributed by atoms with Crippen molar-refractivity contribution in [1.29, 1.82) is 0 Å². The molecule has 2 nitrogen and oxygen atoms in total. The maximum Gasteiger partial charge on any atom is 0.0593 e. The zero-order chi connectivity index (χ0) is 22.3. The molecular formula is C28H57NO. The number of piperidine rings is 1. The molecule has 180 valence electrons. The third-order valence-corrected chi connectivity index (χ3v) is 7.26. The first-order valence-electron chi connectivity index (χ1n) is 13.6. The van der Waals surface area contributed by atoms with Crippen LogP contribution in [0.15, 0.2) is 0 Å². The Morgan fingerprint density at radius 2 is 1.03 bits per heavy atom. The fourth-order valence-corrected chi connectivity index (χ4v) is 6.08. The molecule has 1 rings (SSSR count). The second-order valence-electron chi connectivity index (χ2n) is 11.5. The molecule has 0 bridgehead atoms. The highest BCUT2D eigenvalue weighted by Gasteiger charge is 2.43. The Hall–Kier alpha value is -0.0800. The van der Waals surface area contributed by atoms with E-state index in [4.69, 9.17) is 4.74 Å². The second kappa shape index (κ2) is 15.7. The average molecular weight is 424 g/mol.